The van der Waals surface area contributed by atoms with E-state index >= 15 is 0 Å². The number of hydrogen-bond acceptors (Lipinski definition) is 5. The van der Waals surface area contributed by atoms with E-state index in [9.17, 15) is 15.0 Å². The number of ether oxygens (including phenoxy) is 1. The number of allylic oxidation sites excluding steroid dienone is 1. The van der Waals surface area contributed by atoms with Crippen molar-refractivity contribution in [2.24, 2.45) is 17.8 Å². The second-order valence-corrected chi connectivity index (χ2v) is 8.85. The summed E-state index contributed by atoms with van der Waals surface area (Å²) >= 11 is 6.12. The number of ketones is 1. The van der Waals surface area contributed by atoms with Gasteiger partial charge in [0.2, 0.25) is 5.78 Å². The van der Waals surface area contributed by atoms with Crippen molar-refractivity contribution in [2.75, 3.05) is 12.5 Å². The van der Waals surface area contributed by atoms with Crippen molar-refractivity contribution in [1.82, 2.24) is 0 Å². The van der Waals surface area contributed by atoms with E-state index in [1.54, 1.807) is 0 Å². The summed E-state index contributed by atoms with van der Waals surface area (Å²) in [6.07, 6.45) is 11.9. The van der Waals surface area contributed by atoms with Gasteiger partial charge in [-0.25, -0.2) is 0 Å². The highest BCUT2D eigenvalue weighted by Crippen LogP contribution is 2.46. The monoisotopic (exact) mass is 416 g/mol. The molecule has 0 bridgehead atoms. The van der Waals surface area contributed by atoms with Crippen molar-refractivity contribution >= 4 is 17.4 Å². The number of hydrogen-bond donors (Lipinski definition) is 3. The molecule has 1 aliphatic heterocycles. The average Bonchev–Trinajstić information content (AvgIpc) is 3.28. The van der Waals surface area contributed by atoms with E-state index in [0.717, 1.165) is 18.7 Å². The molecule has 0 radical (unpaired) electrons. The Labute approximate surface area is 174 Å². The fraction of sp³-hybridized carbons (Fsp3) is 0.864. The Kier molecular flexibility index (Phi) is 10.1. The van der Waals surface area contributed by atoms with Crippen molar-refractivity contribution in [1.29, 1.82) is 0 Å². The number of unbranched alkanes of at least 4 members (excludes halogenated alkanes) is 1. The Hall–Kier alpha value is -0.780. The smallest absolute Gasteiger partial charge is 0.225 e. The van der Waals surface area contributed by atoms with Gasteiger partial charge in [0.05, 0.1) is 12.2 Å². The zero-order valence-corrected chi connectivity index (χ0v) is 17.9. The number of Topliss-reactive ketones (excluding diaryl/α,β-unsaturated/α-hetero) is 1. The molecular weight excluding hydrogens is 380 g/mol. The first-order chi connectivity index (χ1) is 13.5. The van der Waals surface area contributed by atoms with E-state index < -0.39 is 18.1 Å². The zero-order valence-electron chi connectivity index (χ0n) is 17.1. The maximum Gasteiger partial charge on any atom is 0.225 e. The average molecular weight is 417 g/mol. The highest BCUT2D eigenvalue weighted by Gasteiger charge is 2.43. The van der Waals surface area contributed by atoms with Crippen LogP contribution in [0.15, 0.2) is 11.5 Å². The molecule has 5 nitrogen and oxygen atoms in total. The molecular formula is C22H37ClO5. The van der Waals surface area contributed by atoms with Gasteiger partial charge >= 0.3 is 0 Å². The van der Waals surface area contributed by atoms with E-state index in [-0.39, 0.29) is 18.3 Å². The number of aliphatic hydroxyl groups is 3. The quantitative estimate of drug-likeness (QED) is 0.222. The van der Waals surface area contributed by atoms with Crippen LogP contribution in [0, 0.1) is 17.8 Å². The molecule has 1 saturated heterocycles. The Balaban J connectivity index is 1.73. The van der Waals surface area contributed by atoms with Crippen LogP contribution in [-0.2, 0) is 9.53 Å². The first kappa shape index (κ1) is 23.5. The van der Waals surface area contributed by atoms with Crippen molar-refractivity contribution < 1.29 is 24.9 Å². The largest absolute Gasteiger partial charge is 0.508 e. The number of carbonyl (C=O) groups excluding carboxylic acids is 1. The summed E-state index contributed by atoms with van der Waals surface area (Å²) in [7, 11) is 0. The fourth-order valence-electron chi connectivity index (χ4n) is 4.89. The molecule has 3 N–H and O–H groups in total. The first-order valence-corrected chi connectivity index (χ1v) is 11.5. The maximum atomic E-state index is 11.2. The van der Waals surface area contributed by atoms with Crippen molar-refractivity contribution in [3.8, 4) is 0 Å². The summed E-state index contributed by atoms with van der Waals surface area (Å²) in [5.74, 6) is 0.793. The molecule has 1 saturated carbocycles. The van der Waals surface area contributed by atoms with E-state index in [2.05, 4.69) is 6.92 Å². The summed E-state index contributed by atoms with van der Waals surface area (Å²) < 4.78 is 6.16. The molecule has 1 heterocycles. The highest BCUT2D eigenvalue weighted by atomic mass is 35.5. The second-order valence-electron chi connectivity index (χ2n) is 8.54. The molecule has 2 rings (SSSR count). The first-order valence-electron chi connectivity index (χ1n) is 11.0. The summed E-state index contributed by atoms with van der Waals surface area (Å²) in [5, 5.41) is 28.1. The number of carbonyl (C=O) groups is 1. The normalized spacial score (nSPS) is 28.8. The summed E-state index contributed by atoms with van der Waals surface area (Å²) in [6, 6.07) is 0. The van der Waals surface area contributed by atoms with Gasteiger partial charge in [0, 0.05) is 12.3 Å². The summed E-state index contributed by atoms with van der Waals surface area (Å²) in [4.78, 5) is 11.2. The molecule has 0 aromatic heterocycles. The van der Waals surface area contributed by atoms with E-state index in [1.807, 2.05) is 0 Å². The predicted molar refractivity (Wildman–Crippen MR) is 111 cm³/mol. The zero-order chi connectivity index (χ0) is 20.5. The highest BCUT2D eigenvalue weighted by molar-refractivity contribution is 6.18. The number of fused-ring (bicyclic) bond motifs is 1. The molecule has 28 heavy (non-hydrogen) atoms. The minimum atomic E-state index is -0.851. The van der Waals surface area contributed by atoms with Gasteiger partial charge in [-0.15, -0.1) is 11.6 Å². The van der Waals surface area contributed by atoms with Crippen LogP contribution in [0.1, 0.15) is 77.6 Å². The minimum Gasteiger partial charge on any atom is -0.508 e. The van der Waals surface area contributed by atoms with Crippen LogP contribution in [0.25, 0.3) is 0 Å². The van der Waals surface area contributed by atoms with Gasteiger partial charge in [-0.1, -0.05) is 32.6 Å². The number of halogens is 1. The van der Waals surface area contributed by atoms with Crippen molar-refractivity contribution in [3.05, 3.63) is 11.5 Å². The number of alkyl halides is 1. The lowest BCUT2D eigenvalue weighted by atomic mass is 9.85. The molecule has 2 aliphatic rings. The maximum absolute atomic E-state index is 11.2. The molecule has 0 aromatic rings. The predicted octanol–water partition coefficient (Wildman–Crippen LogP) is 5.05. The minimum absolute atomic E-state index is 0.0668. The van der Waals surface area contributed by atoms with Crippen molar-refractivity contribution in [2.45, 2.75) is 89.8 Å². The summed E-state index contributed by atoms with van der Waals surface area (Å²) in [5.41, 5.74) is 0. The SMILES string of the molecule is CCCC[C@@H](CCl)CCC[C@H]1CC[C@@H]2OC(CCC(O)=C(O)C(=O)CO)C[C@H]12. The number of aliphatic hydroxyl groups excluding tert-OH is 3. The van der Waals surface area contributed by atoms with Crippen LogP contribution in [0.5, 0.6) is 0 Å². The molecule has 0 amide bonds. The van der Waals surface area contributed by atoms with E-state index in [1.165, 1.54) is 44.9 Å². The van der Waals surface area contributed by atoms with Gasteiger partial charge in [-0.3, -0.25) is 4.79 Å². The third kappa shape index (κ3) is 6.64. The summed E-state index contributed by atoms with van der Waals surface area (Å²) in [6.45, 7) is 1.42. The third-order valence-electron chi connectivity index (χ3n) is 6.56. The molecule has 2 fully saturated rings. The van der Waals surface area contributed by atoms with Gasteiger partial charge in [0.15, 0.2) is 5.76 Å². The fourth-order valence-corrected chi connectivity index (χ4v) is 5.19. The Morgan fingerprint density at radius 1 is 1.18 bits per heavy atom. The molecule has 6 heteroatoms. The second kappa shape index (κ2) is 12.0. The number of rotatable bonds is 13. The Morgan fingerprint density at radius 3 is 2.61 bits per heavy atom. The van der Waals surface area contributed by atoms with Gasteiger partial charge in [0.1, 0.15) is 12.4 Å². The van der Waals surface area contributed by atoms with Crippen LogP contribution in [-0.4, -0.2) is 45.8 Å². The van der Waals surface area contributed by atoms with Gasteiger partial charge < -0.3 is 20.1 Å². The molecule has 0 spiro atoms. The van der Waals surface area contributed by atoms with Gasteiger partial charge in [-0.2, -0.15) is 0 Å². The van der Waals surface area contributed by atoms with Crippen LogP contribution in [0.2, 0.25) is 0 Å². The molecule has 1 aliphatic carbocycles. The van der Waals surface area contributed by atoms with E-state index in [0.29, 0.717) is 30.3 Å². The van der Waals surface area contributed by atoms with Crippen LogP contribution >= 0.6 is 11.6 Å². The lowest BCUT2D eigenvalue weighted by Gasteiger charge is -2.19. The Morgan fingerprint density at radius 2 is 1.93 bits per heavy atom. The molecule has 5 atom stereocenters. The Bertz CT molecular complexity index is 521. The van der Waals surface area contributed by atoms with Crippen molar-refractivity contribution in [3.63, 3.8) is 0 Å². The lowest BCUT2D eigenvalue weighted by Crippen LogP contribution is -2.14. The third-order valence-corrected chi connectivity index (χ3v) is 7.00. The molecule has 162 valence electrons. The van der Waals surface area contributed by atoms with Crippen LogP contribution < -0.4 is 0 Å². The molecule has 1 unspecified atom stereocenters. The standard InChI is InChI=1S/C22H37ClO5/c1-2-3-5-15(13-23)6-4-7-16-8-11-21-18(16)12-17(28-21)9-10-19(25)22(27)20(26)14-24/h15-18,21,24-25,27H,2-14H2,1H3/t15-,16+,17?,18-,21+/m1/s1. The van der Waals surface area contributed by atoms with Gasteiger partial charge in [-0.05, 0) is 56.3 Å². The van der Waals surface area contributed by atoms with Crippen LogP contribution in [0.3, 0.4) is 0 Å². The van der Waals surface area contributed by atoms with E-state index in [4.69, 9.17) is 21.4 Å². The lowest BCUT2D eigenvalue weighted by molar-refractivity contribution is -0.120. The topological polar surface area (TPSA) is 87.0 Å². The molecule has 0 aromatic carbocycles. The van der Waals surface area contributed by atoms with Crippen LogP contribution in [0.4, 0.5) is 0 Å². The van der Waals surface area contributed by atoms with Gasteiger partial charge in [0.25, 0.3) is 0 Å².